The van der Waals surface area contributed by atoms with Crippen molar-refractivity contribution in [1.29, 1.82) is 0 Å². The lowest BCUT2D eigenvalue weighted by atomic mass is 10.3. The maximum atomic E-state index is 11.8. The first-order chi connectivity index (χ1) is 9.86. The average molecular weight is 327 g/mol. The summed E-state index contributed by atoms with van der Waals surface area (Å²) in [6.45, 7) is 0. The second kappa shape index (κ2) is 6.13. The molecule has 0 aliphatic rings. The molecule has 8 heteroatoms. The predicted molar refractivity (Wildman–Crippen MR) is 80.4 cm³/mol. The van der Waals surface area contributed by atoms with E-state index in [1.807, 2.05) is 0 Å². The van der Waals surface area contributed by atoms with E-state index in [-0.39, 0.29) is 10.6 Å². The van der Waals surface area contributed by atoms with Gasteiger partial charge in [-0.25, -0.2) is 4.79 Å². The number of halogens is 1. The molecule has 0 radical (unpaired) electrons. The highest BCUT2D eigenvalue weighted by molar-refractivity contribution is 7.86. The minimum atomic E-state index is -4.42. The van der Waals surface area contributed by atoms with Crippen LogP contribution in [0, 0.1) is 0 Å². The van der Waals surface area contributed by atoms with Crippen molar-refractivity contribution in [3.05, 3.63) is 53.6 Å². The lowest BCUT2D eigenvalue weighted by molar-refractivity contribution is 0.262. The summed E-state index contributed by atoms with van der Waals surface area (Å²) in [5.41, 5.74) is 0.465. The van der Waals surface area contributed by atoms with Crippen LogP contribution < -0.4 is 10.6 Å². The van der Waals surface area contributed by atoms with Gasteiger partial charge in [-0.05, 0) is 36.4 Å². The van der Waals surface area contributed by atoms with Crippen LogP contribution >= 0.6 is 11.6 Å². The fourth-order valence-electron chi connectivity index (χ4n) is 1.61. The van der Waals surface area contributed by atoms with Gasteiger partial charge in [0.1, 0.15) is 4.90 Å². The highest BCUT2D eigenvalue weighted by atomic mass is 35.5. The van der Waals surface area contributed by atoms with Crippen molar-refractivity contribution in [3.8, 4) is 0 Å². The largest absolute Gasteiger partial charge is 0.323 e. The first-order valence-corrected chi connectivity index (χ1v) is 7.58. The van der Waals surface area contributed by atoms with Crippen molar-refractivity contribution < 1.29 is 17.8 Å². The minimum absolute atomic E-state index is 0.0218. The summed E-state index contributed by atoms with van der Waals surface area (Å²) in [5, 5.41) is 5.39. The molecule has 0 aliphatic carbocycles. The van der Waals surface area contributed by atoms with Crippen molar-refractivity contribution in [2.45, 2.75) is 4.90 Å². The molecule has 0 spiro atoms. The molecule has 2 aromatic carbocycles. The monoisotopic (exact) mass is 326 g/mol. The van der Waals surface area contributed by atoms with Crippen LogP contribution in [0.15, 0.2) is 53.4 Å². The number of carbonyl (C=O) groups is 1. The number of hydrogen-bond donors (Lipinski definition) is 3. The zero-order valence-corrected chi connectivity index (χ0v) is 12.1. The van der Waals surface area contributed by atoms with Crippen LogP contribution in [0.4, 0.5) is 16.2 Å². The Morgan fingerprint density at radius 3 is 2.24 bits per heavy atom. The number of benzene rings is 2. The molecule has 0 fully saturated rings. The quantitative estimate of drug-likeness (QED) is 0.754. The number of rotatable bonds is 3. The molecule has 0 aromatic heterocycles. The molecule has 2 rings (SSSR count). The number of anilines is 2. The van der Waals surface area contributed by atoms with Crippen LogP contribution in [0.1, 0.15) is 0 Å². The summed E-state index contributed by atoms with van der Waals surface area (Å²) in [6, 6.07) is 11.3. The third kappa shape index (κ3) is 4.19. The third-order valence-corrected chi connectivity index (χ3v) is 3.68. The van der Waals surface area contributed by atoms with E-state index < -0.39 is 16.1 Å². The van der Waals surface area contributed by atoms with Gasteiger partial charge < -0.3 is 10.6 Å². The van der Waals surface area contributed by atoms with E-state index in [0.717, 1.165) is 0 Å². The minimum Gasteiger partial charge on any atom is -0.308 e. The first kappa shape index (κ1) is 15.3. The van der Waals surface area contributed by atoms with E-state index in [9.17, 15) is 13.2 Å². The van der Waals surface area contributed by atoms with Gasteiger partial charge in [0, 0.05) is 10.7 Å². The summed E-state index contributed by atoms with van der Waals surface area (Å²) in [5.74, 6) is 0. The molecule has 0 heterocycles. The van der Waals surface area contributed by atoms with Crippen LogP contribution in [0.5, 0.6) is 0 Å². The van der Waals surface area contributed by atoms with Crippen LogP contribution in [0.25, 0.3) is 0 Å². The summed E-state index contributed by atoms with van der Waals surface area (Å²) < 4.78 is 31.5. The maximum Gasteiger partial charge on any atom is 0.323 e. The van der Waals surface area contributed by atoms with Crippen molar-refractivity contribution in [1.82, 2.24) is 0 Å². The topological polar surface area (TPSA) is 95.5 Å². The average Bonchev–Trinajstić information content (AvgIpc) is 2.41. The molecule has 0 unspecified atom stereocenters. The summed E-state index contributed by atoms with van der Waals surface area (Å²) >= 11 is 5.73. The molecule has 2 amide bonds. The zero-order valence-electron chi connectivity index (χ0n) is 10.6. The van der Waals surface area contributed by atoms with E-state index in [1.165, 1.54) is 24.3 Å². The Bertz CT molecular complexity index is 760. The Hall–Kier alpha value is -2.09. The molecule has 0 saturated carbocycles. The van der Waals surface area contributed by atoms with Gasteiger partial charge >= 0.3 is 6.03 Å². The number of nitrogens with one attached hydrogen (secondary N) is 2. The Labute approximate surface area is 126 Å². The highest BCUT2D eigenvalue weighted by Gasteiger charge is 2.16. The molecule has 2 aromatic rings. The number of urea groups is 1. The van der Waals surface area contributed by atoms with E-state index in [2.05, 4.69) is 10.6 Å². The van der Waals surface area contributed by atoms with E-state index in [0.29, 0.717) is 10.7 Å². The fourth-order valence-corrected chi connectivity index (χ4v) is 2.39. The Kier molecular flexibility index (Phi) is 4.46. The van der Waals surface area contributed by atoms with Gasteiger partial charge in [0.05, 0.1) is 5.69 Å². The molecule has 6 nitrogen and oxygen atoms in total. The van der Waals surface area contributed by atoms with Gasteiger partial charge in [-0.15, -0.1) is 0 Å². The normalized spacial score (nSPS) is 11.0. The number of hydrogen-bond acceptors (Lipinski definition) is 3. The zero-order chi connectivity index (χ0) is 15.5. The number of amides is 2. The van der Waals surface area contributed by atoms with Crippen molar-refractivity contribution in [2.24, 2.45) is 0 Å². The second-order valence-electron chi connectivity index (χ2n) is 4.06. The smallest absolute Gasteiger partial charge is 0.308 e. The fraction of sp³-hybridized carbons (Fsp3) is 0. The predicted octanol–water partition coefficient (Wildman–Crippen LogP) is 3.23. The van der Waals surface area contributed by atoms with Crippen LogP contribution in [-0.2, 0) is 10.1 Å². The molecule has 110 valence electrons. The van der Waals surface area contributed by atoms with Crippen molar-refractivity contribution in [3.63, 3.8) is 0 Å². The lowest BCUT2D eigenvalue weighted by Gasteiger charge is -2.10. The maximum absolute atomic E-state index is 11.8. The molecular formula is C13H11ClN2O4S. The van der Waals surface area contributed by atoms with Gasteiger partial charge in [-0.3, -0.25) is 4.55 Å². The third-order valence-electron chi connectivity index (χ3n) is 2.52. The summed E-state index contributed by atoms with van der Waals surface area (Å²) in [4.78, 5) is 11.4. The Balaban J connectivity index is 2.15. The standard InChI is InChI=1S/C13H11ClN2O4S/c14-9-5-7-10(8-6-9)15-13(17)16-11-3-1-2-4-12(11)21(18,19)20/h1-8H,(H2,15,16,17)(H,18,19,20). The highest BCUT2D eigenvalue weighted by Crippen LogP contribution is 2.21. The van der Waals surface area contributed by atoms with Gasteiger partial charge in [0.2, 0.25) is 0 Å². The number of para-hydroxylation sites is 1. The SMILES string of the molecule is O=C(Nc1ccc(Cl)cc1)Nc1ccccc1S(=O)(=O)O. The molecule has 21 heavy (non-hydrogen) atoms. The van der Waals surface area contributed by atoms with Crippen LogP contribution in [-0.4, -0.2) is 19.0 Å². The van der Waals surface area contributed by atoms with E-state index >= 15 is 0 Å². The van der Waals surface area contributed by atoms with E-state index in [4.69, 9.17) is 16.2 Å². The van der Waals surface area contributed by atoms with Crippen LogP contribution in [0.2, 0.25) is 5.02 Å². The Morgan fingerprint density at radius 2 is 1.62 bits per heavy atom. The second-order valence-corrected chi connectivity index (χ2v) is 5.88. The van der Waals surface area contributed by atoms with Gasteiger partial charge in [0.25, 0.3) is 10.1 Å². The van der Waals surface area contributed by atoms with Gasteiger partial charge in [-0.2, -0.15) is 8.42 Å². The molecule has 0 bridgehead atoms. The number of carbonyl (C=O) groups excluding carboxylic acids is 1. The summed E-state index contributed by atoms with van der Waals surface area (Å²) in [6.07, 6.45) is 0. The molecule has 3 N–H and O–H groups in total. The van der Waals surface area contributed by atoms with Gasteiger partial charge in [-0.1, -0.05) is 23.7 Å². The van der Waals surface area contributed by atoms with Crippen molar-refractivity contribution in [2.75, 3.05) is 10.6 Å². The van der Waals surface area contributed by atoms with Crippen LogP contribution in [0.3, 0.4) is 0 Å². The molecule has 0 saturated heterocycles. The summed E-state index contributed by atoms with van der Waals surface area (Å²) in [7, 11) is -4.42. The molecule has 0 aliphatic heterocycles. The van der Waals surface area contributed by atoms with Crippen molar-refractivity contribution >= 4 is 39.1 Å². The lowest BCUT2D eigenvalue weighted by Crippen LogP contribution is -2.20. The molecular weight excluding hydrogens is 316 g/mol. The first-order valence-electron chi connectivity index (χ1n) is 5.76. The van der Waals surface area contributed by atoms with Gasteiger partial charge in [0.15, 0.2) is 0 Å². The Morgan fingerprint density at radius 1 is 1.00 bits per heavy atom. The molecule has 0 atom stereocenters. The van der Waals surface area contributed by atoms with E-state index in [1.54, 1.807) is 24.3 Å².